The van der Waals surface area contributed by atoms with Gasteiger partial charge in [0, 0.05) is 26.2 Å². The van der Waals surface area contributed by atoms with Crippen LogP contribution in [0.5, 0.6) is 0 Å². The summed E-state index contributed by atoms with van der Waals surface area (Å²) in [6.07, 6.45) is 3.59. The molecule has 0 spiro atoms. The van der Waals surface area contributed by atoms with Crippen LogP contribution in [-0.4, -0.2) is 60.7 Å². The van der Waals surface area contributed by atoms with Gasteiger partial charge in [0.25, 0.3) is 0 Å². The van der Waals surface area contributed by atoms with Gasteiger partial charge in [-0.25, -0.2) is 4.79 Å². The van der Waals surface area contributed by atoms with Crippen LogP contribution in [0.2, 0.25) is 0 Å². The van der Waals surface area contributed by atoms with Crippen LogP contribution in [-0.2, 0) is 5.60 Å². The highest BCUT2D eigenvalue weighted by atomic mass is 16.3. The Morgan fingerprint density at radius 2 is 1.96 bits per heavy atom. The van der Waals surface area contributed by atoms with Gasteiger partial charge in [0.05, 0.1) is 5.60 Å². The van der Waals surface area contributed by atoms with Crippen LogP contribution >= 0.6 is 0 Å². The van der Waals surface area contributed by atoms with Crippen molar-refractivity contribution in [3.8, 4) is 0 Å². The minimum absolute atomic E-state index is 0.0124. The third-order valence-electron chi connectivity index (χ3n) is 5.45. The van der Waals surface area contributed by atoms with Crippen LogP contribution in [0.3, 0.4) is 0 Å². The molecule has 0 aromatic heterocycles. The lowest BCUT2D eigenvalue weighted by molar-refractivity contribution is -0.0169. The maximum atomic E-state index is 12.4. The molecule has 2 saturated heterocycles. The molecule has 3 rings (SSSR count). The molecule has 1 atom stereocenters. The summed E-state index contributed by atoms with van der Waals surface area (Å²) in [6.45, 7) is 4.18. The van der Waals surface area contributed by atoms with Crippen LogP contribution in [0, 0.1) is 5.92 Å². The molecule has 24 heavy (non-hydrogen) atoms. The molecule has 0 bridgehead atoms. The Morgan fingerprint density at radius 3 is 2.62 bits per heavy atom. The number of piperidine rings is 2. The smallest absolute Gasteiger partial charge is 0.317 e. The molecular formula is C19H29N3O2. The number of urea groups is 1. The van der Waals surface area contributed by atoms with Crippen molar-refractivity contribution in [1.29, 1.82) is 0 Å². The Balaban J connectivity index is 1.47. The van der Waals surface area contributed by atoms with Crippen molar-refractivity contribution in [2.45, 2.75) is 31.3 Å². The number of hydrogen-bond donors (Lipinski definition) is 2. The molecule has 1 aromatic carbocycles. The Kier molecular flexibility index (Phi) is 5.41. The molecular weight excluding hydrogens is 302 g/mol. The fraction of sp³-hybridized carbons (Fsp3) is 0.632. The number of amides is 2. The van der Waals surface area contributed by atoms with Crippen molar-refractivity contribution in [3.63, 3.8) is 0 Å². The van der Waals surface area contributed by atoms with Gasteiger partial charge in [-0.05, 0) is 50.8 Å². The summed E-state index contributed by atoms with van der Waals surface area (Å²) < 4.78 is 0. The number of rotatable bonds is 3. The first-order valence-electron chi connectivity index (χ1n) is 9.06. The molecule has 5 nitrogen and oxygen atoms in total. The average molecular weight is 331 g/mol. The quantitative estimate of drug-likeness (QED) is 0.891. The maximum absolute atomic E-state index is 12.4. The summed E-state index contributed by atoms with van der Waals surface area (Å²) in [4.78, 5) is 16.6. The summed E-state index contributed by atoms with van der Waals surface area (Å²) in [5, 5.41) is 13.9. The van der Waals surface area contributed by atoms with Gasteiger partial charge >= 0.3 is 6.03 Å². The summed E-state index contributed by atoms with van der Waals surface area (Å²) in [7, 11) is 2.14. The van der Waals surface area contributed by atoms with Crippen LogP contribution in [0.1, 0.15) is 31.2 Å². The summed E-state index contributed by atoms with van der Waals surface area (Å²) in [6, 6.07) is 9.81. The number of carbonyl (C=O) groups excluding carboxylic acids is 1. The molecule has 0 saturated carbocycles. The second kappa shape index (κ2) is 7.53. The standard InChI is InChI=1S/C19H29N3O2/c1-21-11-5-6-16(15-21)14-20-18(23)22-12-9-19(24,10-13-22)17-7-3-2-4-8-17/h2-4,7-8,16,24H,5-6,9-15H2,1H3,(H,20,23)/t16-/m0/s1. The zero-order valence-electron chi connectivity index (χ0n) is 14.6. The van der Waals surface area contributed by atoms with Gasteiger partial charge < -0.3 is 20.2 Å². The van der Waals surface area contributed by atoms with Crippen molar-refractivity contribution in [2.24, 2.45) is 5.92 Å². The zero-order chi connectivity index (χ0) is 17.0. The average Bonchev–Trinajstić information content (AvgIpc) is 2.61. The lowest BCUT2D eigenvalue weighted by Gasteiger charge is -2.39. The van der Waals surface area contributed by atoms with Gasteiger partial charge in [0.15, 0.2) is 0 Å². The predicted molar refractivity (Wildman–Crippen MR) is 94.8 cm³/mol. The molecule has 2 fully saturated rings. The highest BCUT2D eigenvalue weighted by Crippen LogP contribution is 2.32. The predicted octanol–water partition coefficient (Wildman–Crippen LogP) is 2.02. The summed E-state index contributed by atoms with van der Waals surface area (Å²) in [5.41, 5.74) is 0.153. The molecule has 2 amide bonds. The van der Waals surface area contributed by atoms with E-state index >= 15 is 0 Å². The fourth-order valence-corrected chi connectivity index (χ4v) is 3.90. The number of nitrogens with one attached hydrogen (secondary N) is 1. The molecule has 5 heteroatoms. The fourth-order valence-electron chi connectivity index (χ4n) is 3.90. The number of benzene rings is 1. The van der Waals surface area contributed by atoms with Crippen molar-refractivity contribution in [3.05, 3.63) is 35.9 Å². The molecule has 2 aliphatic rings. The minimum Gasteiger partial charge on any atom is -0.385 e. The van der Waals surface area contributed by atoms with Gasteiger partial charge in [-0.15, -0.1) is 0 Å². The van der Waals surface area contributed by atoms with E-state index in [-0.39, 0.29) is 6.03 Å². The van der Waals surface area contributed by atoms with Gasteiger partial charge in [-0.1, -0.05) is 30.3 Å². The molecule has 0 radical (unpaired) electrons. The van der Waals surface area contributed by atoms with Gasteiger partial charge in [-0.2, -0.15) is 0 Å². The molecule has 2 aliphatic heterocycles. The molecule has 2 N–H and O–H groups in total. The lowest BCUT2D eigenvalue weighted by atomic mass is 9.84. The van der Waals surface area contributed by atoms with E-state index in [1.165, 1.54) is 12.8 Å². The highest BCUT2D eigenvalue weighted by molar-refractivity contribution is 5.74. The molecule has 0 unspecified atom stereocenters. The topological polar surface area (TPSA) is 55.8 Å². The number of nitrogens with zero attached hydrogens (tertiary/aromatic N) is 2. The van der Waals surface area contributed by atoms with E-state index in [9.17, 15) is 9.90 Å². The van der Waals surface area contributed by atoms with Crippen LogP contribution in [0.25, 0.3) is 0 Å². The molecule has 132 valence electrons. The first kappa shape index (κ1) is 17.2. The number of aliphatic hydroxyl groups is 1. The van der Waals surface area contributed by atoms with Crippen molar-refractivity contribution >= 4 is 6.03 Å². The molecule has 1 aromatic rings. The monoisotopic (exact) mass is 331 g/mol. The van der Waals surface area contributed by atoms with Crippen molar-refractivity contribution in [1.82, 2.24) is 15.1 Å². The van der Waals surface area contributed by atoms with E-state index in [0.717, 1.165) is 25.2 Å². The van der Waals surface area contributed by atoms with Gasteiger partial charge in [0.2, 0.25) is 0 Å². The third kappa shape index (κ3) is 4.08. The molecule has 2 heterocycles. The van der Waals surface area contributed by atoms with E-state index in [4.69, 9.17) is 0 Å². The van der Waals surface area contributed by atoms with Gasteiger partial charge in [0.1, 0.15) is 0 Å². The first-order chi connectivity index (χ1) is 11.6. The van der Waals surface area contributed by atoms with Gasteiger partial charge in [-0.3, -0.25) is 0 Å². The Bertz CT molecular complexity index is 541. The van der Waals surface area contributed by atoms with Crippen LogP contribution in [0.4, 0.5) is 4.79 Å². The van der Waals surface area contributed by atoms with E-state index in [1.54, 1.807) is 0 Å². The highest BCUT2D eigenvalue weighted by Gasteiger charge is 2.35. The normalized spacial score (nSPS) is 24.6. The van der Waals surface area contributed by atoms with Crippen molar-refractivity contribution in [2.75, 3.05) is 39.8 Å². The van der Waals surface area contributed by atoms with Crippen LogP contribution < -0.4 is 5.32 Å². The summed E-state index contributed by atoms with van der Waals surface area (Å²) >= 11 is 0. The first-order valence-corrected chi connectivity index (χ1v) is 9.06. The van der Waals surface area contributed by atoms with E-state index in [0.29, 0.717) is 31.8 Å². The number of carbonyl (C=O) groups is 1. The summed E-state index contributed by atoms with van der Waals surface area (Å²) in [5.74, 6) is 0.554. The lowest BCUT2D eigenvalue weighted by Crippen LogP contribution is -2.50. The number of likely N-dealkylation sites (tertiary alicyclic amines) is 2. The van der Waals surface area contributed by atoms with E-state index < -0.39 is 5.60 Å². The Labute approximate surface area is 144 Å². The van der Waals surface area contributed by atoms with Crippen LogP contribution in [0.15, 0.2) is 30.3 Å². The Morgan fingerprint density at radius 1 is 1.25 bits per heavy atom. The second-order valence-corrected chi connectivity index (χ2v) is 7.34. The zero-order valence-corrected chi connectivity index (χ0v) is 14.6. The second-order valence-electron chi connectivity index (χ2n) is 7.34. The largest absolute Gasteiger partial charge is 0.385 e. The third-order valence-corrected chi connectivity index (χ3v) is 5.45. The van der Waals surface area contributed by atoms with E-state index in [2.05, 4.69) is 17.3 Å². The SMILES string of the molecule is CN1CCC[C@@H](CNC(=O)N2CCC(O)(c3ccccc3)CC2)C1. The van der Waals surface area contributed by atoms with Crippen molar-refractivity contribution < 1.29 is 9.90 Å². The maximum Gasteiger partial charge on any atom is 0.317 e. The Hall–Kier alpha value is -1.59. The number of hydrogen-bond acceptors (Lipinski definition) is 3. The molecule has 0 aliphatic carbocycles. The minimum atomic E-state index is -0.801. The van der Waals surface area contributed by atoms with E-state index in [1.807, 2.05) is 35.2 Å².